The predicted octanol–water partition coefficient (Wildman–Crippen LogP) is 8.16. The van der Waals surface area contributed by atoms with Crippen LogP contribution in [-0.2, 0) is 6.54 Å². The number of nitrogens with zero attached hydrogens (tertiary/aromatic N) is 1. The fourth-order valence-corrected chi connectivity index (χ4v) is 5.21. The molecule has 4 aromatic carbocycles. The fraction of sp³-hybridized carbons (Fsp3) is 0.206. The molecule has 0 aliphatic heterocycles. The molecule has 186 valence electrons. The maximum absolute atomic E-state index is 13.2. The van der Waals surface area contributed by atoms with E-state index in [2.05, 4.69) is 104 Å². The smallest absolute Gasteiger partial charge is 0.251 e. The molecule has 0 radical (unpaired) electrons. The van der Waals surface area contributed by atoms with Gasteiger partial charge in [-0.3, -0.25) is 4.79 Å². The summed E-state index contributed by atoms with van der Waals surface area (Å²) in [7, 11) is 0. The van der Waals surface area contributed by atoms with Gasteiger partial charge in [0, 0.05) is 28.7 Å². The summed E-state index contributed by atoms with van der Waals surface area (Å²) in [4.78, 5) is 13.2. The van der Waals surface area contributed by atoms with Crippen molar-refractivity contribution in [3.05, 3.63) is 131 Å². The van der Waals surface area contributed by atoms with Crippen LogP contribution in [0.4, 0.5) is 0 Å². The molecule has 1 heterocycles. The monoisotopic (exact) mass is 486 g/mol. The van der Waals surface area contributed by atoms with Gasteiger partial charge in [0.25, 0.3) is 5.91 Å². The van der Waals surface area contributed by atoms with Gasteiger partial charge in [-0.2, -0.15) is 0 Å². The second kappa shape index (κ2) is 10.5. The van der Waals surface area contributed by atoms with Crippen LogP contribution >= 0.6 is 0 Å². The number of amides is 1. The molecule has 3 heteroatoms. The lowest BCUT2D eigenvalue weighted by Crippen LogP contribution is -2.28. The van der Waals surface area contributed by atoms with Crippen molar-refractivity contribution < 1.29 is 4.79 Å². The Labute approximate surface area is 219 Å². The number of hydrogen-bond donors (Lipinski definition) is 1. The van der Waals surface area contributed by atoms with Crippen molar-refractivity contribution in [1.29, 1.82) is 0 Å². The SMILES string of the molecule is CCC(NC(=O)c1ccc2c(c1)c(C)c(C)n2Cc1ccc(-c2ccccc2C)cc1)c1ccccc1. The van der Waals surface area contributed by atoms with Crippen molar-refractivity contribution in [3.8, 4) is 11.1 Å². The molecular formula is C34H34N2O. The van der Waals surface area contributed by atoms with Crippen molar-refractivity contribution >= 4 is 16.8 Å². The van der Waals surface area contributed by atoms with Gasteiger partial charge in [0.15, 0.2) is 0 Å². The third kappa shape index (κ3) is 4.95. The van der Waals surface area contributed by atoms with E-state index in [1.807, 2.05) is 30.3 Å². The zero-order valence-corrected chi connectivity index (χ0v) is 22.1. The van der Waals surface area contributed by atoms with Crippen LogP contribution in [-0.4, -0.2) is 10.5 Å². The molecule has 1 unspecified atom stereocenters. The first kappa shape index (κ1) is 24.6. The van der Waals surface area contributed by atoms with Crippen molar-refractivity contribution in [1.82, 2.24) is 9.88 Å². The molecule has 1 aromatic heterocycles. The Morgan fingerprint density at radius 2 is 1.54 bits per heavy atom. The fourth-order valence-electron chi connectivity index (χ4n) is 5.21. The van der Waals surface area contributed by atoms with Crippen LogP contribution in [0.1, 0.15) is 57.7 Å². The first-order chi connectivity index (χ1) is 18.0. The topological polar surface area (TPSA) is 34.0 Å². The van der Waals surface area contributed by atoms with Crippen molar-refractivity contribution in [2.45, 2.75) is 46.7 Å². The minimum atomic E-state index is -0.0331. The molecule has 1 atom stereocenters. The normalized spacial score (nSPS) is 12.0. The van der Waals surface area contributed by atoms with Crippen LogP contribution < -0.4 is 5.32 Å². The van der Waals surface area contributed by atoms with Gasteiger partial charge in [-0.1, -0.05) is 85.8 Å². The Balaban J connectivity index is 1.39. The van der Waals surface area contributed by atoms with Crippen molar-refractivity contribution in [2.75, 3.05) is 0 Å². The largest absolute Gasteiger partial charge is 0.345 e. The summed E-state index contributed by atoms with van der Waals surface area (Å²) in [6.45, 7) is 9.36. The molecule has 1 amide bonds. The van der Waals surface area contributed by atoms with E-state index in [-0.39, 0.29) is 11.9 Å². The van der Waals surface area contributed by atoms with E-state index in [4.69, 9.17) is 0 Å². The lowest BCUT2D eigenvalue weighted by atomic mass is 9.99. The van der Waals surface area contributed by atoms with Crippen LogP contribution in [0.2, 0.25) is 0 Å². The number of hydrogen-bond acceptors (Lipinski definition) is 1. The molecule has 0 aliphatic rings. The maximum Gasteiger partial charge on any atom is 0.251 e. The zero-order valence-electron chi connectivity index (χ0n) is 22.1. The van der Waals surface area contributed by atoms with Crippen LogP contribution in [0.15, 0.2) is 97.1 Å². The van der Waals surface area contributed by atoms with Crippen LogP contribution in [0.25, 0.3) is 22.0 Å². The Morgan fingerprint density at radius 3 is 2.24 bits per heavy atom. The van der Waals surface area contributed by atoms with Crippen LogP contribution in [0.5, 0.6) is 0 Å². The van der Waals surface area contributed by atoms with E-state index < -0.39 is 0 Å². The van der Waals surface area contributed by atoms with Gasteiger partial charge in [0.2, 0.25) is 0 Å². The number of carbonyl (C=O) groups excluding carboxylic acids is 1. The maximum atomic E-state index is 13.2. The Morgan fingerprint density at radius 1 is 0.838 bits per heavy atom. The van der Waals surface area contributed by atoms with Gasteiger partial charge in [-0.05, 0) is 78.8 Å². The van der Waals surface area contributed by atoms with E-state index in [1.54, 1.807) is 0 Å². The summed E-state index contributed by atoms with van der Waals surface area (Å²) < 4.78 is 2.36. The van der Waals surface area contributed by atoms with Gasteiger partial charge in [-0.15, -0.1) is 0 Å². The first-order valence-electron chi connectivity index (χ1n) is 13.1. The predicted molar refractivity (Wildman–Crippen MR) is 154 cm³/mol. The summed E-state index contributed by atoms with van der Waals surface area (Å²) in [6, 6.07) is 33.6. The molecule has 5 rings (SSSR count). The van der Waals surface area contributed by atoms with E-state index in [1.165, 1.54) is 33.5 Å². The molecule has 0 aliphatic carbocycles. The summed E-state index contributed by atoms with van der Waals surface area (Å²) in [5.41, 5.74) is 10.5. The highest BCUT2D eigenvalue weighted by atomic mass is 16.1. The van der Waals surface area contributed by atoms with Gasteiger partial charge in [0.1, 0.15) is 0 Å². The van der Waals surface area contributed by atoms with Gasteiger partial charge >= 0.3 is 0 Å². The minimum Gasteiger partial charge on any atom is -0.345 e. The summed E-state index contributed by atoms with van der Waals surface area (Å²) in [6.07, 6.45) is 0.842. The highest BCUT2D eigenvalue weighted by molar-refractivity contribution is 5.99. The molecule has 0 bridgehead atoms. The zero-order chi connectivity index (χ0) is 25.9. The standard InChI is InChI=1S/C34H34N2O/c1-5-32(28-12-7-6-8-13-28)35-34(37)29-19-20-33-31(21-29)24(3)25(4)36(33)22-26-15-17-27(18-16-26)30-14-10-9-11-23(30)2/h6-21,32H,5,22H2,1-4H3,(H,35,37). The summed E-state index contributed by atoms with van der Waals surface area (Å²) >= 11 is 0. The van der Waals surface area contributed by atoms with Crippen LogP contribution in [0, 0.1) is 20.8 Å². The minimum absolute atomic E-state index is 0.000488. The highest BCUT2D eigenvalue weighted by Crippen LogP contribution is 2.29. The third-order valence-electron chi connectivity index (χ3n) is 7.57. The average Bonchev–Trinajstić information content (AvgIpc) is 3.17. The number of aryl methyl sites for hydroxylation is 2. The van der Waals surface area contributed by atoms with Gasteiger partial charge in [0.05, 0.1) is 6.04 Å². The second-order valence-corrected chi connectivity index (χ2v) is 9.89. The molecule has 3 nitrogen and oxygen atoms in total. The Hall–Kier alpha value is -4.11. The number of aromatic nitrogens is 1. The first-order valence-corrected chi connectivity index (χ1v) is 13.1. The van der Waals surface area contributed by atoms with E-state index in [0.717, 1.165) is 29.4 Å². The number of nitrogens with one attached hydrogen (secondary N) is 1. The van der Waals surface area contributed by atoms with E-state index in [9.17, 15) is 4.79 Å². The highest BCUT2D eigenvalue weighted by Gasteiger charge is 2.17. The van der Waals surface area contributed by atoms with Gasteiger partial charge in [-0.25, -0.2) is 0 Å². The van der Waals surface area contributed by atoms with Gasteiger partial charge < -0.3 is 9.88 Å². The summed E-state index contributed by atoms with van der Waals surface area (Å²) in [5, 5.41) is 4.36. The number of rotatable bonds is 7. The molecule has 0 spiro atoms. The van der Waals surface area contributed by atoms with Crippen LogP contribution in [0.3, 0.4) is 0 Å². The van der Waals surface area contributed by atoms with Crippen molar-refractivity contribution in [2.24, 2.45) is 0 Å². The Kier molecular flexibility index (Phi) is 6.96. The lowest BCUT2D eigenvalue weighted by Gasteiger charge is -2.17. The third-order valence-corrected chi connectivity index (χ3v) is 7.57. The average molecular weight is 487 g/mol. The number of carbonyl (C=O) groups is 1. The lowest BCUT2D eigenvalue weighted by molar-refractivity contribution is 0.0935. The summed E-state index contributed by atoms with van der Waals surface area (Å²) in [5.74, 6) is -0.0331. The van der Waals surface area contributed by atoms with Crippen molar-refractivity contribution in [3.63, 3.8) is 0 Å². The Bertz CT molecular complexity index is 1540. The molecule has 0 saturated carbocycles. The van der Waals surface area contributed by atoms with E-state index in [0.29, 0.717) is 5.56 Å². The number of benzene rings is 4. The molecule has 37 heavy (non-hydrogen) atoms. The molecular weight excluding hydrogens is 452 g/mol. The molecule has 0 fully saturated rings. The van der Waals surface area contributed by atoms with E-state index >= 15 is 0 Å². The quantitative estimate of drug-likeness (QED) is 0.247. The number of fused-ring (bicyclic) bond motifs is 1. The second-order valence-electron chi connectivity index (χ2n) is 9.89. The molecule has 1 N–H and O–H groups in total. The molecule has 0 saturated heterocycles. The molecule has 5 aromatic rings.